The second-order valence-electron chi connectivity index (χ2n) is 10.8. The third-order valence-corrected chi connectivity index (χ3v) is 8.22. The molecule has 6 aromatic carbocycles. The normalized spacial score (nSPS) is 11.7. The van der Waals surface area contributed by atoms with E-state index in [9.17, 15) is 10.5 Å². The molecule has 6 aromatic rings. The molecule has 208 valence electrons. The molecule has 0 spiro atoms. The van der Waals surface area contributed by atoms with Crippen LogP contribution >= 0.6 is 0 Å². The van der Waals surface area contributed by atoms with Crippen molar-refractivity contribution in [1.29, 1.82) is 10.5 Å². The highest BCUT2D eigenvalue weighted by molar-refractivity contribution is 5.89. The van der Waals surface area contributed by atoms with Crippen LogP contribution in [0.4, 0.5) is 34.1 Å². The van der Waals surface area contributed by atoms with E-state index in [-0.39, 0.29) is 5.92 Å². The van der Waals surface area contributed by atoms with Gasteiger partial charge in [0.2, 0.25) is 0 Å². The molecule has 1 aliphatic carbocycles. The molecule has 0 N–H and O–H groups in total. The number of benzene rings is 6. The summed E-state index contributed by atoms with van der Waals surface area (Å²) in [6, 6.07) is 58.6. The molecular formula is C40H28N4. The lowest BCUT2D eigenvalue weighted by Crippen LogP contribution is -2.11. The van der Waals surface area contributed by atoms with Gasteiger partial charge in [-0.05, 0) is 95.1 Å². The molecule has 0 bridgehead atoms. The molecule has 0 atom stereocenters. The van der Waals surface area contributed by atoms with Crippen LogP contribution in [0.15, 0.2) is 158 Å². The van der Waals surface area contributed by atoms with Crippen molar-refractivity contribution in [1.82, 2.24) is 0 Å². The maximum Gasteiger partial charge on any atom is 0.144 e. The first kappa shape index (κ1) is 26.8. The van der Waals surface area contributed by atoms with Gasteiger partial charge in [0, 0.05) is 40.0 Å². The molecule has 4 heteroatoms. The van der Waals surface area contributed by atoms with Gasteiger partial charge in [0.15, 0.2) is 0 Å². The van der Waals surface area contributed by atoms with E-state index in [1.54, 1.807) is 0 Å². The fourth-order valence-electron chi connectivity index (χ4n) is 6.28. The summed E-state index contributed by atoms with van der Waals surface area (Å²) in [5.74, 6) is -1.13. The number of nitrogens with zero attached hydrogens (tertiary/aromatic N) is 4. The minimum absolute atomic E-state index is 0.332. The SMILES string of the molecule is N#CC(C#N)C1c2ccc(N(c3ccccc3)c3ccccc3)cc2-c2cc(N(c3ccccc3)c3ccccc3)ccc21. The highest BCUT2D eigenvalue weighted by Gasteiger charge is 2.36. The Balaban J connectivity index is 1.43. The van der Waals surface area contributed by atoms with Gasteiger partial charge in [-0.2, -0.15) is 10.5 Å². The summed E-state index contributed by atoms with van der Waals surface area (Å²) in [6.45, 7) is 0. The lowest BCUT2D eigenvalue weighted by atomic mass is 9.86. The second-order valence-corrected chi connectivity index (χ2v) is 10.8. The van der Waals surface area contributed by atoms with Crippen LogP contribution in [0, 0.1) is 28.6 Å². The largest absolute Gasteiger partial charge is 0.310 e. The first-order chi connectivity index (χ1) is 21.8. The van der Waals surface area contributed by atoms with Crippen LogP contribution in [-0.2, 0) is 0 Å². The quantitative estimate of drug-likeness (QED) is 0.194. The molecule has 0 fully saturated rings. The zero-order valence-corrected chi connectivity index (χ0v) is 24.0. The number of rotatable bonds is 7. The van der Waals surface area contributed by atoms with E-state index in [1.165, 1.54) is 0 Å². The number of nitriles is 2. The number of para-hydroxylation sites is 4. The van der Waals surface area contributed by atoms with Crippen LogP contribution in [0.3, 0.4) is 0 Å². The Labute approximate surface area is 257 Å². The van der Waals surface area contributed by atoms with Gasteiger partial charge in [0.05, 0.1) is 12.1 Å². The molecule has 0 heterocycles. The molecule has 0 saturated carbocycles. The van der Waals surface area contributed by atoms with Crippen LogP contribution in [0.1, 0.15) is 17.0 Å². The Morgan fingerprint density at radius 3 is 1.02 bits per heavy atom. The Morgan fingerprint density at radius 1 is 0.409 bits per heavy atom. The average molecular weight is 565 g/mol. The second kappa shape index (κ2) is 11.6. The number of hydrogen-bond acceptors (Lipinski definition) is 4. The van der Waals surface area contributed by atoms with Gasteiger partial charge in [-0.25, -0.2) is 0 Å². The van der Waals surface area contributed by atoms with Crippen LogP contribution in [0.5, 0.6) is 0 Å². The standard InChI is InChI=1S/C40H28N4/c41-27-29(28-42)40-36-23-21-34(43(30-13-5-1-6-14-30)31-15-7-2-8-16-31)25-38(36)39-26-35(22-24-37(39)40)44(32-17-9-3-10-18-32)33-19-11-4-12-20-33/h1-26,29,40H. The van der Waals surface area contributed by atoms with Gasteiger partial charge in [0.25, 0.3) is 0 Å². The van der Waals surface area contributed by atoms with Gasteiger partial charge >= 0.3 is 0 Å². The lowest BCUT2D eigenvalue weighted by Gasteiger charge is -2.27. The number of fused-ring (bicyclic) bond motifs is 3. The van der Waals surface area contributed by atoms with Crippen molar-refractivity contribution >= 4 is 34.1 Å². The van der Waals surface area contributed by atoms with Crippen molar-refractivity contribution in [3.05, 3.63) is 169 Å². The summed E-state index contributed by atoms with van der Waals surface area (Å²) in [7, 11) is 0. The molecular weight excluding hydrogens is 536 g/mol. The molecule has 0 aliphatic heterocycles. The van der Waals surface area contributed by atoms with E-state index in [1.807, 2.05) is 72.8 Å². The maximum atomic E-state index is 10.0. The van der Waals surface area contributed by atoms with Crippen LogP contribution in [-0.4, -0.2) is 0 Å². The summed E-state index contributed by atoms with van der Waals surface area (Å²) >= 11 is 0. The van der Waals surface area contributed by atoms with Crippen molar-refractivity contribution in [2.75, 3.05) is 9.80 Å². The molecule has 7 rings (SSSR count). The Hall–Kier alpha value is -6.10. The first-order valence-corrected chi connectivity index (χ1v) is 14.6. The Morgan fingerprint density at radius 2 is 0.727 bits per heavy atom. The summed E-state index contributed by atoms with van der Waals surface area (Å²) in [6.07, 6.45) is 0. The summed E-state index contributed by atoms with van der Waals surface area (Å²) in [4.78, 5) is 4.48. The van der Waals surface area contributed by atoms with Gasteiger partial charge in [-0.15, -0.1) is 0 Å². The summed E-state index contributed by atoms with van der Waals surface area (Å²) in [5, 5.41) is 20.1. The monoisotopic (exact) mass is 564 g/mol. The van der Waals surface area contributed by atoms with E-state index in [0.717, 1.165) is 56.4 Å². The minimum Gasteiger partial charge on any atom is -0.310 e. The zero-order chi connectivity index (χ0) is 29.9. The average Bonchev–Trinajstić information content (AvgIpc) is 3.41. The minimum atomic E-state index is -0.801. The predicted molar refractivity (Wildman–Crippen MR) is 178 cm³/mol. The zero-order valence-electron chi connectivity index (χ0n) is 24.0. The lowest BCUT2D eigenvalue weighted by molar-refractivity contribution is 0.725. The third-order valence-electron chi connectivity index (χ3n) is 8.22. The van der Waals surface area contributed by atoms with Gasteiger partial charge in [-0.3, -0.25) is 0 Å². The van der Waals surface area contributed by atoms with Gasteiger partial charge < -0.3 is 9.80 Å². The third kappa shape index (κ3) is 4.75. The predicted octanol–water partition coefficient (Wildman–Crippen LogP) is 10.4. The van der Waals surface area contributed by atoms with Crippen LogP contribution < -0.4 is 9.80 Å². The van der Waals surface area contributed by atoms with Gasteiger partial charge in [0.1, 0.15) is 5.92 Å². The van der Waals surface area contributed by atoms with Crippen LogP contribution in [0.25, 0.3) is 11.1 Å². The number of hydrogen-bond donors (Lipinski definition) is 0. The van der Waals surface area contributed by atoms with E-state index in [0.29, 0.717) is 0 Å². The van der Waals surface area contributed by atoms with Crippen molar-refractivity contribution in [3.8, 4) is 23.3 Å². The molecule has 0 amide bonds. The first-order valence-electron chi connectivity index (χ1n) is 14.6. The highest BCUT2D eigenvalue weighted by Crippen LogP contribution is 2.52. The molecule has 0 saturated heterocycles. The molecule has 4 nitrogen and oxygen atoms in total. The van der Waals surface area contributed by atoms with E-state index in [2.05, 4.69) is 107 Å². The molecule has 0 unspecified atom stereocenters. The molecule has 0 aromatic heterocycles. The summed E-state index contributed by atoms with van der Waals surface area (Å²) < 4.78 is 0. The fraction of sp³-hybridized carbons (Fsp3) is 0.0500. The van der Waals surface area contributed by atoms with E-state index >= 15 is 0 Å². The fourth-order valence-corrected chi connectivity index (χ4v) is 6.28. The van der Waals surface area contributed by atoms with Crippen molar-refractivity contribution in [2.24, 2.45) is 5.92 Å². The topological polar surface area (TPSA) is 54.1 Å². The van der Waals surface area contributed by atoms with Gasteiger partial charge in [-0.1, -0.05) is 84.9 Å². The van der Waals surface area contributed by atoms with E-state index in [4.69, 9.17) is 0 Å². The molecule has 0 radical (unpaired) electrons. The highest BCUT2D eigenvalue weighted by atomic mass is 15.1. The van der Waals surface area contributed by atoms with Crippen LogP contribution in [0.2, 0.25) is 0 Å². The summed E-state index contributed by atoms with van der Waals surface area (Å²) in [5.41, 5.74) is 10.3. The van der Waals surface area contributed by atoms with Crippen molar-refractivity contribution in [2.45, 2.75) is 5.92 Å². The Bertz CT molecular complexity index is 1770. The smallest absolute Gasteiger partial charge is 0.144 e. The number of anilines is 6. The Kier molecular flexibility index (Phi) is 7.09. The van der Waals surface area contributed by atoms with Crippen molar-refractivity contribution < 1.29 is 0 Å². The maximum absolute atomic E-state index is 10.0. The van der Waals surface area contributed by atoms with E-state index < -0.39 is 5.92 Å². The van der Waals surface area contributed by atoms with Crippen molar-refractivity contribution in [3.63, 3.8) is 0 Å². The molecule has 1 aliphatic rings. The molecule has 44 heavy (non-hydrogen) atoms.